The number of ether oxygens (including phenoxy) is 1. The second kappa shape index (κ2) is 9.83. The van der Waals surface area contributed by atoms with Crippen molar-refractivity contribution in [2.45, 2.75) is 56.8 Å². The number of hydrogen-bond donors (Lipinski definition) is 1. The fourth-order valence-electron chi connectivity index (χ4n) is 4.80. The SMILES string of the molecule is Cc1ccc(NS(=O)(=O)c2ccc(C(=O)N3CCCC3CN3CC(C)OC(C)C3)cc2)cc1. The molecule has 3 atom stereocenters. The van der Waals surface area contributed by atoms with E-state index in [2.05, 4.69) is 23.5 Å². The van der Waals surface area contributed by atoms with E-state index in [4.69, 9.17) is 4.74 Å². The molecule has 178 valence electrons. The van der Waals surface area contributed by atoms with Gasteiger partial charge in [0.1, 0.15) is 0 Å². The molecule has 2 fully saturated rings. The maximum atomic E-state index is 13.2. The molecule has 0 saturated carbocycles. The molecule has 2 aromatic rings. The van der Waals surface area contributed by atoms with Crippen molar-refractivity contribution in [2.24, 2.45) is 0 Å². The summed E-state index contributed by atoms with van der Waals surface area (Å²) in [6.07, 6.45) is 2.36. The van der Waals surface area contributed by atoms with E-state index >= 15 is 0 Å². The molecule has 7 nitrogen and oxygen atoms in total. The summed E-state index contributed by atoms with van der Waals surface area (Å²) in [5.41, 5.74) is 2.07. The van der Waals surface area contributed by atoms with Gasteiger partial charge in [0.15, 0.2) is 0 Å². The highest BCUT2D eigenvalue weighted by molar-refractivity contribution is 7.92. The molecule has 0 radical (unpaired) electrons. The third-order valence-electron chi connectivity index (χ3n) is 6.32. The van der Waals surface area contributed by atoms with E-state index in [1.165, 1.54) is 12.1 Å². The molecule has 0 aromatic heterocycles. The zero-order chi connectivity index (χ0) is 23.6. The van der Waals surface area contributed by atoms with E-state index < -0.39 is 10.0 Å². The van der Waals surface area contributed by atoms with Crippen LogP contribution in [0, 0.1) is 6.92 Å². The topological polar surface area (TPSA) is 79.0 Å². The minimum Gasteiger partial charge on any atom is -0.373 e. The standard InChI is InChI=1S/C25H33N3O4S/c1-18-6-10-22(11-7-18)26-33(30,31)24-12-8-21(9-13-24)25(29)28-14-4-5-23(28)17-27-15-19(2)32-20(3)16-27/h6-13,19-20,23,26H,4-5,14-17H2,1-3H3. The van der Waals surface area contributed by atoms with Crippen molar-refractivity contribution in [1.82, 2.24) is 9.80 Å². The van der Waals surface area contributed by atoms with Crippen LogP contribution in [-0.2, 0) is 14.8 Å². The third-order valence-corrected chi connectivity index (χ3v) is 7.71. The van der Waals surface area contributed by atoms with Crippen molar-refractivity contribution in [3.05, 3.63) is 59.7 Å². The summed E-state index contributed by atoms with van der Waals surface area (Å²) in [7, 11) is -3.72. The number of nitrogens with one attached hydrogen (secondary N) is 1. The summed E-state index contributed by atoms with van der Waals surface area (Å²) in [5, 5.41) is 0. The first kappa shape index (κ1) is 23.7. The van der Waals surface area contributed by atoms with Gasteiger partial charge in [-0.25, -0.2) is 8.42 Å². The molecule has 33 heavy (non-hydrogen) atoms. The highest BCUT2D eigenvalue weighted by Crippen LogP contribution is 2.24. The fourth-order valence-corrected chi connectivity index (χ4v) is 5.86. The van der Waals surface area contributed by atoms with Crippen LogP contribution in [0.15, 0.2) is 53.4 Å². The Labute approximate surface area is 196 Å². The molecular weight excluding hydrogens is 438 g/mol. The van der Waals surface area contributed by atoms with E-state index in [1.807, 2.05) is 24.0 Å². The van der Waals surface area contributed by atoms with Gasteiger partial charge in [0.2, 0.25) is 0 Å². The summed E-state index contributed by atoms with van der Waals surface area (Å²) in [6, 6.07) is 13.6. The number of benzene rings is 2. The first-order valence-corrected chi connectivity index (χ1v) is 13.1. The lowest BCUT2D eigenvalue weighted by Crippen LogP contribution is -2.50. The Bertz CT molecular complexity index is 1060. The second-order valence-corrected chi connectivity index (χ2v) is 10.9. The molecule has 1 amide bonds. The number of rotatable bonds is 6. The van der Waals surface area contributed by atoms with E-state index in [0.29, 0.717) is 11.3 Å². The van der Waals surface area contributed by atoms with Crippen LogP contribution in [0.2, 0.25) is 0 Å². The molecule has 0 aliphatic carbocycles. The average molecular weight is 472 g/mol. The molecule has 2 heterocycles. The summed E-state index contributed by atoms with van der Waals surface area (Å²) in [5.74, 6) is -0.0395. The number of likely N-dealkylation sites (tertiary alicyclic amines) is 1. The quantitative estimate of drug-likeness (QED) is 0.698. The molecule has 2 aliphatic heterocycles. The van der Waals surface area contributed by atoms with Crippen LogP contribution in [0.1, 0.15) is 42.6 Å². The lowest BCUT2D eigenvalue weighted by atomic mass is 10.1. The highest BCUT2D eigenvalue weighted by atomic mass is 32.2. The van der Waals surface area contributed by atoms with E-state index in [0.717, 1.165) is 44.6 Å². The van der Waals surface area contributed by atoms with Crippen LogP contribution in [0.5, 0.6) is 0 Å². The maximum Gasteiger partial charge on any atom is 0.261 e. The van der Waals surface area contributed by atoms with Crippen molar-refractivity contribution < 1.29 is 17.9 Å². The minimum atomic E-state index is -3.72. The lowest BCUT2D eigenvalue weighted by Gasteiger charge is -2.38. The van der Waals surface area contributed by atoms with E-state index in [-0.39, 0.29) is 29.1 Å². The van der Waals surface area contributed by atoms with Crippen molar-refractivity contribution >= 4 is 21.6 Å². The summed E-state index contributed by atoms with van der Waals surface area (Å²) >= 11 is 0. The Morgan fingerprint density at radius 3 is 2.30 bits per heavy atom. The van der Waals surface area contributed by atoms with E-state index in [1.54, 1.807) is 24.3 Å². The zero-order valence-corrected chi connectivity index (χ0v) is 20.3. The van der Waals surface area contributed by atoms with Gasteiger partial charge in [-0.1, -0.05) is 17.7 Å². The minimum absolute atomic E-state index is 0.0395. The molecule has 0 bridgehead atoms. The molecule has 1 N–H and O–H groups in total. The van der Waals surface area contributed by atoms with Crippen LogP contribution in [0.4, 0.5) is 5.69 Å². The average Bonchev–Trinajstić information content (AvgIpc) is 3.22. The van der Waals surface area contributed by atoms with Crippen LogP contribution in [0.25, 0.3) is 0 Å². The number of nitrogens with zero attached hydrogens (tertiary/aromatic N) is 2. The first-order chi connectivity index (χ1) is 15.7. The molecule has 2 aromatic carbocycles. The number of amides is 1. The Morgan fingerprint density at radius 1 is 1.03 bits per heavy atom. The van der Waals surface area contributed by atoms with Gasteiger partial charge in [-0.15, -0.1) is 0 Å². The van der Waals surface area contributed by atoms with Crippen molar-refractivity contribution in [2.75, 3.05) is 30.9 Å². The van der Waals surface area contributed by atoms with Gasteiger partial charge in [0.05, 0.1) is 17.1 Å². The third kappa shape index (κ3) is 5.75. The normalized spacial score (nSPS) is 24.1. The summed E-state index contributed by atoms with van der Waals surface area (Å²) in [6.45, 7) is 9.45. The molecule has 2 aliphatic rings. The zero-order valence-electron chi connectivity index (χ0n) is 19.5. The second-order valence-electron chi connectivity index (χ2n) is 9.27. The van der Waals surface area contributed by atoms with Gasteiger partial charge >= 0.3 is 0 Å². The molecule has 4 rings (SSSR count). The predicted octanol–water partition coefficient (Wildman–Crippen LogP) is 3.51. The van der Waals surface area contributed by atoms with Crippen LogP contribution >= 0.6 is 0 Å². The molecule has 0 spiro atoms. The first-order valence-electron chi connectivity index (χ1n) is 11.6. The van der Waals surface area contributed by atoms with E-state index in [9.17, 15) is 13.2 Å². The van der Waals surface area contributed by atoms with Crippen molar-refractivity contribution in [1.29, 1.82) is 0 Å². The lowest BCUT2D eigenvalue weighted by molar-refractivity contribution is -0.0715. The van der Waals surface area contributed by atoms with Crippen molar-refractivity contribution in [3.63, 3.8) is 0 Å². The number of hydrogen-bond acceptors (Lipinski definition) is 5. The number of morpholine rings is 1. The molecule has 2 saturated heterocycles. The number of carbonyl (C=O) groups excluding carboxylic acids is 1. The Balaban J connectivity index is 1.42. The smallest absolute Gasteiger partial charge is 0.261 e. The number of anilines is 1. The largest absolute Gasteiger partial charge is 0.373 e. The Kier molecular flexibility index (Phi) is 7.07. The van der Waals surface area contributed by atoms with Gasteiger partial charge in [0.25, 0.3) is 15.9 Å². The fraction of sp³-hybridized carbons (Fsp3) is 0.480. The van der Waals surface area contributed by atoms with Gasteiger partial charge in [-0.05, 0) is 70.0 Å². The monoisotopic (exact) mass is 471 g/mol. The van der Waals surface area contributed by atoms with Crippen LogP contribution in [-0.4, -0.2) is 68.6 Å². The summed E-state index contributed by atoms with van der Waals surface area (Å²) in [4.78, 5) is 17.7. The molecule has 8 heteroatoms. The number of sulfonamides is 1. The molecule has 3 unspecified atom stereocenters. The Hall–Kier alpha value is -2.42. The Morgan fingerprint density at radius 2 is 1.67 bits per heavy atom. The van der Waals surface area contributed by atoms with Gasteiger partial charge in [0, 0.05) is 43.5 Å². The summed E-state index contributed by atoms with van der Waals surface area (Å²) < 4.78 is 33.9. The van der Waals surface area contributed by atoms with Crippen LogP contribution in [0.3, 0.4) is 0 Å². The number of aryl methyl sites for hydroxylation is 1. The van der Waals surface area contributed by atoms with Crippen molar-refractivity contribution in [3.8, 4) is 0 Å². The maximum absolute atomic E-state index is 13.2. The molecular formula is C25H33N3O4S. The van der Waals surface area contributed by atoms with Gasteiger partial charge in [-0.3, -0.25) is 14.4 Å². The predicted molar refractivity (Wildman–Crippen MR) is 129 cm³/mol. The van der Waals surface area contributed by atoms with Gasteiger partial charge in [-0.2, -0.15) is 0 Å². The van der Waals surface area contributed by atoms with Gasteiger partial charge < -0.3 is 9.64 Å². The van der Waals surface area contributed by atoms with Crippen LogP contribution < -0.4 is 4.72 Å². The highest BCUT2D eigenvalue weighted by Gasteiger charge is 2.33. The number of carbonyl (C=O) groups is 1.